The fraction of sp³-hybridized carbons (Fsp3) is 1.00. The molecule has 1 saturated carbocycles. The summed E-state index contributed by atoms with van der Waals surface area (Å²) in [7, 11) is 2.12. The van der Waals surface area contributed by atoms with Gasteiger partial charge >= 0.3 is 0 Å². The standard InChI is InChI=1S/C17H34N2O/c1-5-14-7-6-8-15(11-14)17(18-4)16-12-19(13(2)3)9-10-20-16/h13-18H,5-12H2,1-4H3. The highest BCUT2D eigenvalue weighted by molar-refractivity contribution is 4.90. The van der Waals surface area contributed by atoms with Crippen LogP contribution in [0.15, 0.2) is 0 Å². The average molecular weight is 282 g/mol. The minimum absolute atomic E-state index is 0.372. The van der Waals surface area contributed by atoms with Gasteiger partial charge < -0.3 is 10.1 Å². The van der Waals surface area contributed by atoms with Crippen LogP contribution in [0.2, 0.25) is 0 Å². The van der Waals surface area contributed by atoms with Gasteiger partial charge in [-0.2, -0.15) is 0 Å². The Morgan fingerprint density at radius 3 is 2.75 bits per heavy atom. The molecule has 4 unspecified atom stereocenters. The maximum atomic E-state index is 6.13. The first-order valence-electron chi connectivity index (χ1n) is 8.68. The lowest BCUT2D eigenvalue weighted by Crippen LogP contribution is -2.56. The largest absolute Gasteiger partial charge is 0.374 e. The zero-order chi connectivity index (χ0) is 14.5. The van der Waals surface area contributed by atoms with Crippen molar-refractivity contribution in [3.8, 4) is 0 Å². The lowest BCUT2D eigenvalue weighted by atomic mass is 9.75. The van der Waals surface area contributed by atoms with Crippen LogP contribution >= 0.6 is 0 Å². The summed E-state index contributed by atoms with van der Waals surface area (Å²) in [6.45, 7) is 10.0. The zero-order valence-electron chi connectivity index (χ0n) is 13.9. The van der Waals surface area contributed by atoms with Crippen LogP contribution in [0.5, 0.6) is 0 Å². The Hall–Kier alpha value is -0.120. The normalized spacial score (nSPS) is 34.4. The third kappa shape index (κ3) is 3.96. The highest BCUT2D eigenvalue weighted by atomic mass is 16.5. The first-order chi connectivity index (χ1) is 9.65. The molecule has 2 rings (SSSR count). The van der Waals surface area contributed by atoms with Gasteiger partial charge in [0.15, 0.2) is 0 Å². The Bertz CT molecular complexity index is 282. The van der Waals surface area contributed by atoms with Crippen LogP contribution in [0.4, 0.5) is 0 Å². The van der Waals surface area contributed by atoms with E-state index in [0.29, 0.717) is 18.2 Å². The highest BCUT2D eigenvalue weighted by Gasteiger charge is 2.35. The number of morpholine rings is 1. The van der Waals surface area contributed by atoms with Crippen molar-refractivity contribution in [2.75, 3.05) is 26.7 Å². The summed E-state index contributed by atoms with van der Waals surface area (Å²) in [6.07, 6.45) is 7.33. The topological polar surface area (TPSA) is 24.5 Å². The molecule has 1 aliphatic carbocycles. The molecule has 4 atom stereocenters. The maximum absolute atomic E-state index is 6.13. The fourth-order valence-corrected chi connectivity index (χ4v) is 4.14. The molecule has 3 nitrogen and oxygen atoms in total. The number of nitrogens with one attached hydrogen (secondary N) is 1. The lowest BCUT2D eigenvalue weighted by Gasteiger charge is -2.43. The van der Waals surface area contributed by atoms with E-state index in [1.807, 2.05) is 0 Å². The molecular weight excluding hydrogens is 248 g/mol. The average Bonchev–Trinajstić information content (AvgIpc) is 2.48. The number of rotatable bonds is 5. The number of hydrogen-bond donors (Lipinski definition) is 1. The van der Waals surface area contributed by atoms with Gasteiger partial charge in [0, 0.05) is 25.2 Å². The summed E-state index contributed by atoms with van der Waals surface area (Å²) in [4.78, 5) is 2.57. The summed E-state index contributed by atoms with van der Waals surface area (Å²) in [5, 5.41) is 3.59. The van der Waals surface area contributed by atoms with E-state index in [2.05, 4.69) is 38.0 Å². The van der Waals surface area contributed by atoms with Crippen LogP contribution in [0.25, 0.3) is 0 Å². The highest BCUT2D eigenvalue weighted by Crippen LogP contribution is 2.34. The first kappa shape index (κ1) is 16.3. The van der Waals surface area contributed by atoms with E-state index in [-0.39, 0.29) is 0 Å². The van der Waals surface area contributed by atoms with E-state index in [1.165, 1.54) is 32.1 Å². The molecule has 0 radical (unpaired) electrons. The molecule has 0 bridgehead atoms. The molecule has 20 heavy (non-hydrogen) atoms. The Kier molecular flexibility index (Phi) is 6.31. The second-order valence-corrected chi connectivity index (χ2v) is 7.01. The lowest BCUT2D eigenvalue weighted by molar-refractivity contribution is -0.0676. The zero-order valence-corrected chi connectivity index (χ0v) is 13.9. The molecule has 1 heterocycles. The molecule has 1 saturated heterocycles. The van der Waals surface area contributed by atoms with Gasteiger partial charge in [0.05, 0.1) is 12.7 Å². The Morgan fingerprint density at radius 1 is 1.30 bits per heavy atom. The van der Waals surface area contributed by atoms with E-state index >= 15 is 0 Å². The Morgan fingerprint density at radius 2 is 2.10 bits per heavy atom. The molecule has 1 N–H and O–H groups in total. The third-order valence-corrected chi connectivity index (χ3v) is 5.50. The molecule has 0 aromatic carbocycles. The number of hydrogen-bond acceptors (Lipinski definition) is 3. The van der Waals surface area contributed by atoms with E-state index < -0.39 is 0 Å². The van der Waals surface area contributed by atoms with Crippen molar-refractivity contribution in [2.24, 2.45) is 11.8 Å². The number of likely N-dealkylation sites (N-methyl/N-ethyl adjacent to an activating group) is 1. The second-order valence-electron chi connectivity index (χ2n) is 7.01. The number of ether oxygens (including phenoxy) is 1. The van der Waals surface area contributed by atoms with Gasteiger partial charge in [-0.15, -0.1) is 0 Å². The van der Waals surface area contributed by atoms with Gasteiger partial charge in [-0.05, 0) is 45.6 Å². The van der Waals surface area contributed by atoms with E-state index in [0.717, 1.165) is 31.5 Å². The van der Waals surface area contributed by atoms with Gasteiger partial charge in [0.2, 0.25) is 0 Å². The van der Waals surface area contributed by atoms with Gasteiger partial charge in [0.25, 0.3) is 0 Å². The molecule has 2 aliphatic rings. The van der Waals surface area contributed by atoms with Gasteiger partial charge in [-0.1, -0.05) is 26.2 Å². The third-order valence-electron chi connectivity index (χ3n) is 5.50. The summed E-state index contributed by atoms with van der Waals surface area (Å²) in [6, 6.07) is 1.17. The van der Waals surface area contributed by atoms with Crippen molar-refractivity contribution in [3.63, 3.8) is 0 Å². The summed E-state index contributed by atoms with van der Waals surface area (Å²) < 4.78 is 6.13. The van der Waals surface area contributed by atoms with Gasteiger partial charge in [0.1, 0.15) is 0 Å². The van der Waals surface area contributed by atoms with Crippen LogP contribution in [0.3, 0.4) is 0 Å². The summed E-state index contributed by atoms with van der Waals surface area (Å²) in [5.41, 5.74) is 0. The van der Waals surface area contributed by atoms with Crippen LogP contribution < -0.4 is 5.32 Å². The second kappa shape index (κ2) is 7.77. The molecule has 0 aromatic heterocycles. The smallest absolute Gasteiger partial charge is 0.0857 e. The SMILES string of the molecule is CCC1CCCC(C(NC)C2CN(C(C)C)CCO2)C1. The first-order valence-corrected chi connectivity index (χ1v) is 8.68. The maximum Gasteiger partial charge on any atom is 0.0857 e. The van der Waals surface area contributed by atoms with Crippen molar-refractivity contribution in [1.29, 1.82) is 0 Å². The molecule has 2 fully saturated rings. The minimum Gasteiger partial charge on any atom is -0.374 e. The molecule has 0 amide bonds. The molecule has 1 aliphatic heterocycles. The predicted molar refractivity (Wildman–Crippen MR) is 85.0 cm³/mol. The van der Waals surface area contributed by atoms with E-state index in [4.69, 9.17) is 4.74 Å². The minimum atomic E-state index is 0.372. The quantitative estimate of drug-likeness (QED) is 0.839. The molecular formula is C17H34N2O. The molecule has 118 valence electrons. The summed E-state index contributed by atoms with van der Waals surface area (Å²) >= 11 is 0. The fourth-order valence-electron chi connectivity index (χ4n) is 4.14. The van der Waals surface area contributed by atoms with Crippen molar-refractivity contribution < 1.29 is 4.74 Å². The van der Waals surface area contributed by atoms with E-state index in [9.17, 15) is 0 Å². The van der Waals surface area contributed by atoms with Crippen LogP contribution in [0.1, 0.15) is 52.9 Å². The Labute approximate surface area is 125 Å². The van der Waals surface area contributed by atoms with Crippen molar-refractivity contribution in [2.45, 2.75) is 71.1 Å². The van der Waals surface area contributed by atoms with Gasteiger partial charge in [-0.25, -0.2) is 0 Å². The molecule has 0 aromatic rings. The van der Waals surface area contributed by atoms with Gasteiger partial charge in [-0.3, -0.25) is 4.90 Å². The monoisotopic (exact) mass is 282 g/mol. The van der Waals surface area contributed by atoms with Crippen LogP contribution in [0, 0.1) is 11.8 Å². The Balaban J connectivity index is 1.96. The van der Waals surface area contributed by atoms with Crippen molar-refractivity contribution >= 4 is 0 Å². The predicted octanol–water partition coefficient (Wildman–Crippen LogP) is 2.90. The van der Waals surface area contributed by atoms with Crippen molar-refractivity contribution in [3.05, 3.63) is 0 Å². The summed E-state index contributed by atoms with van der Waals surface area (Å²) in [5.74, 6) is 1.74. The van der Waals surface area contributed by atoms with E-state index in [1.54, 1.807) is 0 Å². The molecule has 3 heteroatoms. The van der Waals surface area contributed by atoms with Crippen molar-refractivity contribution in [1.82, 2.24) is 10.2 Å². The number of nitrogens with zero attached hydrogens (tertiary/aromatic N) is 1. The molecule has 0 spiro atoms. The van der Waals surface area contributed by atoms with Crippen LogP contribution in [-0.4, -0.2) is 49.8 Å². The van der Waals surface area contributed by atoms with Crippen LogP contribution in [-0.2, 0) is 4.74 Å².